The summed E-state index contributed by atoms with van der Waals surface area (Å²) < 4.78 is 1.16. The van der Waals surface area contributed by atoms with Crippen LogP contribution < -0.4 is 11.1 Å². The Bertz CT molecular complexity index is 1150. The molecule has 4 rings (SSSR count). The van der Waals surface area contributed by atoms with Crippen LogP contribution in [0.4, 0.5) is 0 Å². The summed E-state index contributed by atoms with van der Waals surface area (Å²) in [6, 6.07) is 9.42. The molecular weight excluding hydrogens is 372 g/mol. The Morgan fingerprint density at radius 3 is 2.86 bits per heavy atom. The van der Waals surface area contributed by atoms with Gasteiger partial charge in [0.15, 0.2) is 0 Å². The van der Waals surface area contributed by atoms with Gasteiger partial charge in [-0.1, -0.05) is 6.07 Å². The SMILES string of the molecule is Cc1ccc(=O)n(CC(=O)N2CCCC2c2nc(-c3ccccn3)cc(=O)[nH]2)n1. The van der Waals surface area contributed by atoms with Crippen molar-refractivity contribution in [1.82, 2.24) is 29.6 Å². The van der Waals surface area contributed by atoms with Gasteiger partial charge in [0.2, 0.25) is 5.91 Å². The van der Waals surface area contributed by atoms with E-state index < -0.39 is 0 Å². The number of carbonyl (C=O) groups excluding carboxylic acids is 1. The predicted molar refractivity (Wildman–Crippen MR) is 105 cm³/mol. The molecule has 1 aliphatic rings. The maximum atomic E-state index is 12.9. The molecule has 0 saturated carbocycles. The van der Waals surface area contributed by atoms with Gasteiger partial charge in [0.1, 0.15) is 12.4 Å². The fourth-order valence-electron chi connectivity index (χ4n) is 3.51. The van der Waals surface area contributed by atoms with Gasteiger partial charge in [-0.2, -0.15) is 5.10 Å². The molecule has 9 nitrogen and oxygen atoms in total. The van der Waals surface area contributed by atoms with Crippen LogP contribution in [-0.4, -0.2) is 42.1 Å². The van der Waals surface area contributed by atoms with Crippen LogP contribution in [-0.2, 0) is 11.3 Å². The smallest absolute Gasteiger partial charge is 0.267 e. The van der Waals surface area contributed by atoms with E-state index in [1.807, 2.05) is 6.07 Å². The summed E-state index contributed by atoms with van der Waals surface area (Å²) >= 11 is 0. The molecule has 4 heterocycles. The molecule has 3 aromatic heterocycles. The molecule has 148 valence electrons. The first-order valence-electron chi connectivity index (χ1n) is 9.38. The lowest BCUT2D eigenvalue weighted by Gasteiger charge is -2.24. The van der Waals surface area contributed by atoms with E-state index in [9.17, 15) is 14.4 Å². The topological polar surface area (TPSA) is 114 Å². The highest BCUT2D eigenvalue weighted by atomic mass is 16.2. The number of amides is 1. The van der Waals surface area contributed by atoms with Crippen molar-refractivity contribution in [2.45, 2.75) is 32.4 Å². The Kier molecular flexibility index (Phi) is 5.03. The zero-order valence-electron chi connectivity index (χ0n) is 15.9. The second kappa shape index (κ2) is 7.78. The van der Waals surface area contributed by atoms with Crippen molar-refractivity contribution in [2.24, 2.45) is 0 Å². The molecule has 1 aliphatic heterocycles. The van der Waals surface area contributed by atoms with Crippen molar-refractivity contribution >= 4 is 5.91 Å². The van der Waals surface area contributed by atoms with E-state index in [0.29, 0.717) is 35.9 Å². The molecule has 1 fully saturated rings. The van der Waals surface area contributed by atoms with Gasteiger partial charge in [-0.05, 0) is 38.0 Å². The van der Waals surface area contributed by atoms with Crippen LogP contribution in [0.2, 0.25) is 0 Å². The maximum Gasteiger partial charge on any atom is 0.267 e. The third-order valence-electron chi connectivity index (χ3n) is 4.86. The van der Waals surface area contributed by atoms with E-state index in [4.69, 9.17) is 0 Å². The summed E-state index contributed by atoms with van der Waals surface area (Å²) in [5.41, 5.74) is 1.07. The zero-order valence-corrected chi connectivity index (χ0v) is 15.9. The van der Waals surface area contributed by atoms with Crippen molar-refractivity contribution in [2.75, 3.05) is 6.54 Å². The summed E-state index contributed by atoms with van der Waals surface area (Å²) in [5.74, 6) is 0.187. The van der Waals surface area contributed by atoms with Crippen molar-refractivity contribution in [3.63, 3.8) is 0 Å². The monoisotopic (exact) mass is 392 g/mol. The molecule has 0 spiro atoms. The third kappa shape index (κ3) is 3.98. The molecule has 1 atom stereocenters. The lowest BCUT2D eigenvalue weighted by molar-refractivity contribution is -0.133. The molecule has 0 aliphatic carbocycles. The van der Waals surface area contributed by atoms with E-state index in [0.717, 1.165) is 11.1 Å². The standard InChI is InChI=1S/C20H20N6O3/c1-13-7-8-18(28)26(24-13)12-19(29)25-10-4-6-16(25)20-22-15(11-17(27)23-20)14-5-2-3-9-21-14/h2-3,5,7-9,11,16H,4,6,10,12H2,1H3,(H,22,23,27). The van der Waals surface area contributed by atoms with Crippen LogP contribution in [0.25, 0.3) is 11.4 Å². The quantitative estimate of drug-likeness (QED) is 0.710. The fraction of sp³-hybridized carbons (Fsp3) is 0.300. The number of H-pyrrole nitrogens is 1. The third-order valence-corrected chi connectivity index (χ3v) is 4.86. The van der Waals surface area contributed by atoms with E-state index in [1.54, 1.807) is 36.2 Å². The first-order valence-corrected chi connectivity index (χ1v) is 9.38. The number of hydrogen-bond donors (Lipinski definition) is 1. The first-order chi connectivity index (χ1) is 14.0. The molecule has 1 unspecified atom stereocenters. The lowest BCUT2D eigenvalue weighted by atomic mass is 10.2. The van der Waals surface area contributed by atoms with Crippen LogP contribution in [0.5, 0.6) is 0 Å². The molecular formula is C20H20N6O3. The van der Waals surface area contributed by atoms with E-state index in [2.05, 4.69) is 20.1 Å². The van der Waals surface area contributed by atoms with Crippen LogP contribution in [0.3, 0.4) is 0 Å². The predicted octanol–water partition coefficient (Wildman–Crippen LogP) is 1.06. The highest BCUT2D eigenvalue weighted by Crippen LogP contribution is 2.30. The van der Waals surface area contributed by atoms with Crippen molar-refractivity contribution in [1.29, 1.82) is 0 Å². The minimum absolute atomic E-state index is 0.152. The Morgan fingerprint density at radius 2 is 2.07 bits per heavy atom. The number of hydrogen-bond acceptors (Lipinski definition) is 6. The lowest BCUT2D eigenvalue weighted by Crippen LogP contribution is -2.38. The number of carbonyl (C=O) groups is 1. The Balaban J connectivity index is 1.62. The van der Waals surface area contributed by atoms with Gasteiger partial charge < -0.3 is 9.88 Å². The number of pyridine rings is 1. The zero-order chi connectivity index (χ0) is 20.4. The van der Waals surface area contributed by atoms with Gasteiger partial charge in [-0.25, -0.2) is 9.67 Å². The molecule has 9 heteroatoms. The van der Waals surface area contributed by atoms with E-state index in [-0.39, 0.29) is 29.6 Å². The van der Waals surface area contributed by atoms with Crippen molar-refractivity contribution in [3.05, 3.63) is 74.8 Å². The number of rotatable bonds is 4. The molecule has 1 N–H and O–H groups in total. The number of aromatic nitrogens is 5. The van der Waals surface area contributed by atoms with E-state index in [1.165, 1.54) is 12.1 Å². The van der Waals surface area contributed by atoms with Gasteiger partial charge in [0, 0.05) is 24.9 Å². The van der Waals surface area contributed by atoms with Gasteiger partial charge in [-0.3, -0.25) is 19.4 Å². The first kappa shape index (κ1) is 18.7. The van der Waals surface area contributed by atoms with Crippen LogP contribution in [0.15, 0.2) is 52.2 Å². The average Bonchev–Trinajstić information content (AvgIpc) is 3.21. The molecule has 3 aromatic rings. The number of aromatic amines is 1. The molecule has 0 radical (unpaired) electrons. The molecule has 29 heavy (non-hydrogen) atoms. The molecule has 1 amide bonds. The second-order valence-electron chi connectivity index (χ2n) is 6.95. The Hall–Kier alpha value is -3.62. The summed E-state index contributed by atoms with van der Waals surface area (Å²) in [7, 11) is 0. The Morgan fingerprint density at radius 1 is 1.21 bits per heavy atom. The number of nitrogens with zero attached hydrogens (tertiary/aromatic N) is 5. The van der Waals surface area contributed by atoms with Gasteiger partial charge in [0.05, 0.1) is 23.1 Å². The van der Waals surface area contributed by atoms with Crippen LogP contribution in [0.1, 0.15) is 30.4 Å². The summed E-state index contributed by atoms with van der Waals surface area (Å²) in [4.78, 5) is 50.3. The fourth-order valence-corrected chi connectivity index (χ4v) is 3.51. The minimum atomic E-state index is -0.362. The van der Waals surface area contributed by atoms with Crippen LogP contribution in [0, 0.1) is 6.92 Å². The highest BCUT2D eigenvalue weighted by Gasteiger charge is 2.32. The Labute approximate surface area is 166 Å². The largest absolute Gasteiger partial charge is 0.331 e. The van der Waals surface area contributed by atoms with Gasteiger partial charge >= 0.3 is 0 Å². The molecule has 0 bridgehead atoms. The number of aryl methyl sites for hydroxylation is 1. The normalized spacial score (nSPS) is 16.2. The van der Waals surface area contributed by atoms with E-state index >= 15 is 0 Å². The number of nitrogens with one attached hydrogen (secondary N) is 1. The van der Waals surface area contributed by atoms with Crippen molar-refractivity contribution in [3.8, 4) is 11.4 Å². The van der Waals surface area contributed by atoms with Crippen LogP contribution >= 0.6 is 0 Å². The second-order valence-corrected chi connectivity index (χ2v) is 6.95. The maximum absolute atomic E-state index is 12.9. The summed E-state index contributed by atoms with van der Waals surface area (Å²) in [6.07, 6.45) is 3.09. The van der Waals surface area contributed by atoms with Gasteiger partial charge in [-0.15, -0.1) is 0 Å². The van der Waals surface area contributed by atoms with Gasteiger partial charge in [0.25, 0.3) is 11.1 Å². The highest BCUT2D eigenvalue weighted by molar-refractivity contribution is 5.76. The average molecular weight is 392 g/mol. The summed E-state index contributed by atoms with van der Waals surface area (Å²) in [5, 5.41) is 4.12. The molecule has 1 saturated heterocycles. The summed E-state index contributed by atoms with van der Waals surface area (Å²) in [6.45, 7) is 2.14. The van der Waals surface area contributed by atoms with Crippen molar-refractivity contribution < 1.29 is 4.79 Å². The number of likely N-dealkylation sites (tertiary alicyclic amines) is 1. The minimum Gasteiger partial charge on any atom is -0.331 e. The molecule has 0 aromatic carbocycles.